The predicted octanol–water partition coefficient (Wildman–Crippen LogP) is 1.27. The van der Waals surface area contributed by atoms with Crippen LogP contribution in [0.3, 0.4) is 0 Å². The molecule has 80 valence electrons. The molecule has 1 fully saturated rings. The maximum Gasteiger partial charge on any atom is 0.125 e. The van der Waals surface area contributed by atoms with Gasteiger partial charge in [0.25, 0.3) is 0 Å². The first-order valence-corrected chi connectivity index (χ1v) is 5.25. The standard InChI is InChI=1S/C11H21N3/c1-5-9(2)11(13-4)14-7-6-10(8-14)12-3/h5,10,12H,6-8H2,1-4H3. The van der Waals surface area contributed by atoms with Gasteiger partial charge in [0.2, 0.25) is 0 Å². The van der Waals surface area contributed by atoms with Crippen molar-refractivity contribution < 1.29 is 0 Å². The van der Waals surface area contributed by atoms with Crippen molar-refractivity contribution in [2.24, 2.45) is 4.99 Å². The number of likely N-dealkylation sites (tertiary alicyclic amines) is 1. The Morgan fingerprint density at radius 2 is 2.29 bits per heavy atom. The summed E-state index contributed by atoms with van der Waals surface area (Å²) in [5.41, 5.74) is 1.27. The second-order valence-electron chi connectivity index (χ2n) is 3.74. The van der Waals surface area contributed by atoms with Crippen molar-refractivity contribution in [2.45, 2.75) is 26.3 Å². The Labute approximate surface area is 86.9 Å². The average Bonchev–Trinajstić information content (AvgIpc) is 2.67. The van der Waals surface area contributed by atoms with Gasteiger partial charge in [-0.15, -0.1) is 0 Å². The lowest BCUT2D eigenvalue weighted by molar-refractivity contribution is 0.492. The molecule has 0 aromatic rings. The van der Waals surface area contributed by atoms with E-state index >= 15 is 0 Å². The highest BCUT2D eigenvalue weighted by molar-refractivity contribution is 5.97. The fourth-order valence-electron chi connectivity index (χ4n) is 1.88. The van der Waals surface area contributed by atoms with E-state index in [2.05, 4.69) is 35.1 Å². The zero-order valence-electron chi connectivity index (χ0n) is 9.67. The number of amidine groups is 1. The Hall–Kier alpha value is -0.830. The third kappa shape index (κ3) is 2.35. The lowest BCUT2D eigenvalue weighted by atomic mass is 10.2. The van der Waals surface area contributed by atoms with Crippen LogP contribution in [0, 0.1) is 0 Å². The minimum atomic E-state index is 0.622. The summed E-state index contributed by atoms with van der Waals surface area (Å²) in [6.07, 6.45) is 3.33. The smallest absolute Gasteiger partial charge is 0.125 e. The van der Waals surface area contributed by atoms with Crippen LogP contribution in [0.1, 0.15) is 20.3 Å². The lowest BCUT2D eigenvalue weighted by Gasteiger charge is -2.21. The Morgan fingerprint density at radius 3 is 2.71 bits per heavy atom. The van der Waals surface area contributed by atoms with Gasteiger partial charge in [-0.1, -0.05) is 6.08 Å². The number of likely N-dealkylation sites (N-methyl/N-ethyl adjacent to an activating group) is 1. The summed E-state index contributed by atoms with van der Waals surface area (Å²) in [4.78, 5) is 6.71. The molecule has 0 radical (unpaired) electrons. The molecule has 1 aliphatic rings. The zero-order valence-corrected chi connectivity index (χ0v) is 9.67. The van der Waals surface area contributed by atoms with Gasteiger partial charge in [-0.25, -0.2) is 0 Å². The van der Waals surface area contributed by atoms with Crippen LogP contribution in [0.4, 0.5) is 0 Å². The molecule has 0 spiro atoms. The summed E-state index contributed by atoms with van der Waals surface area (Å²) in [5, 5.41) is 3.31. The first kappa shape index (κ1) is 11.2. The molecule has 1 N–H and O–H groups in total. The normalized spacial score (nSPS) is 24.6. The predicted molar refractivity (Wildman–Crippen MR) is 61.8 cm³/mol. The molecule has 1 unspecified atom stereocenters. The number of allylic oxidation sites excluding steroid dienone is 1. The summed E-state index contributed by atoms with van der Waals surface area (Å²) < 4.78 is 0. The molecule has 14 heavy (non-hydrogen) atoms. The second-order valence-corrected chi connectivity index (χ2v) is 3.74. The molecule has 1 heterocycles. The van der Waals surface area contributed by atoms with Gasteiger partial charge in [0.05, 0.1) is 0 Å². The Bertz CT molecular complexity index is 243. The van der Waals surface area contributed by atoms with E-state index in [9.17, 15) is 0 Å². The third-order valence-electron chi connectivity index (χ3n) is 2.89. The zero-order chi connectivity index (χ0) is 10.6. The van der Waals surface area contributed by atoms with E-state index in [1.54, 1.807) is 0 Å². The molecular weight excluding hydrogens is 174 g/mol. The molecule has 0 aromatic carbocycles. The van der Waals surface area contributed by atoms with Crippen LogP contribution in [0.5, 0.6) is 0 Å². The summed E-state index contributed by atoms with van der Waals surface area (Å²) in [6, 6.07) is 0.622. The number of rotatable bonds is 2. The fraction of sp³-hybridized carbons (Fsp3) is 0.727. The molecule has 0 bridgehead atoms. The average molecular weight is 195 g/mol. The van der Waals surface area contributed by atoms with Gasteiger partial charge in [0, 0.05) is 26.2 Å². The second kappa shape index (κ2) is 5.15. The molecule has 0 saturated carbocycles. The summed E-state index contributed by atoms with van der Waals surface area (Å²) in [7, 11) is 3.90. The highest BCUT2D eigenvalue weighted by atomic mass is 15.2. The van der Waals surface area contributed by atoms with Gasteiger partial charge in [-0.05, 0) is 32.9 Å². The minimum Gasteiger partial charge on any atom is -0.355 e. The number of nitrogens with zero attached hydrogens (tertiary/aromatic N) is 2. The van der Waals surface area contributed by atoms with Gasteiger partial charge >= 0.3 is 0 Å². The molecule has 1 atom stereocenters. The monoisotopic (exact) mass is 195 g/mol. The van der Waals surface area contributed by atoms with E-state index in [0.717, 1.165) is 18.9 Å². The van der Waals surface area contributed by atoms with Crippen LogP contribution in [0.25, 0.3) is 0 Å². The van der Waals surface area contributed by atoms with Crippen molar-refractivity contribution in [1.29, 1.82) is 0 Å². The van der Waals surface area contributed by atoms with Crippen LogP contribution in [0.15, 0.2) is 16.6 Å². The topological polar surface area (TPSA) is 27.6 Å². The van der Waals surface area contributed by atoms with Gasteiger partial charge in [0.1, 0.15) is 5.84 Å². The quantitative estimate of drug-likeness (QED) is 0.531. The molecule has 1 saturated heterocycles. The maximum absolute atomic E-state index is 4.36. The molecule has 0 aromatic heterocycles. The van der Waals surface area contributed by atoms with Crippen LogP contribution >= 0.6 is 0 Å². The van der Waals surface area contributed by atoms with E-state index in [1.165, 1.54) is 12.0 Å². The van der Waals surface area contributed by atoms with Crippen molar-refractivity contribution in [3.63, 3.8) is 0 Å². The Kier molecular flexibility index (Phi) is 4.14. The first-order chi connectivity index (χ1) is 6.72. The maximum atomic E-state index is 4.36. The Balaban J connectivity index is 2.65. The number of aliphatic imine (C=N–C) groups is 1. The van der Waals surface area contributed by atoms with Crippen molar-refractivity contribution in [2.75, 3.05) is 27.2 Å². The molecule has 0 aliphatic carbocycles. The third-order valence-corrected chi connectivity index (χ3v) is 2.89. The van der Waals surface area contributed by atoms with Gasteiger partial charge in [0.15, 0.2) is 0 Å². The number of nitrogens with one attached hydrogen (secondary N) is 1. The van der Waals surface area contributed by atoms with E-state index < -0.39 is 0 Å². The highest BCUT2D eigenvalue weighted by Crippen LogP contribution is 2.13. The fourth-order valence-corrected chi connectivity index (χ4v) is 1.88. The number of hydrogen-bond donors (Lipinski definition) is 1. The van der Waals surface area contributed by atoms with Crippen LogP contribution in [-0.4, -0.2) is 44.0 Å². The van der Waals surface area contributed by atoms with Gasteiger partial charge in [-0.3, -0.25) is 4.99 Å². The molecule has 3 nitrogen and oxygen atoms in total. The molecule has 1 aliphatic heterocycles. The largest absolute Gasteiger partial charge is 0.355 e. The van der Waals surface area contributed by atoms with E-state index in [-0.39, 0.29) is 0 Å². The highest BCUT2D eigenvalue weighted by Gasteiger charge is 2.23. The van der Waals surface area contributed by atoms with Crippen molar-refractivity contribution in [3.05, 3.63) is 11.6 Å². The van der Waals surface area contributed by atoms with E-state index in [1.807, 2.05) is 14.1 Å². The minimum absolute atomic E-state index is 0.622. The van der Waals surface area contributed by atoms with Gasteiger partial charge in [-0.2, -0.15) is 0 Å². The lowest BCUT2D eigenvalue weighted by Crippen LogP contribution is -2.33. The van der Waals surface area contributed by atoms with Crippen LogP contribution < -0.4 is 5.32 Å². The Morgan fingerprint density at radius 1 is 1.57 bits per heavy atom. The molecule has 3 heteroatoms. The van der Waals surface area contributed by atoms with E-state index in [4.69, 9.17) is 0 Å². The van der Waals surface area contributed by atoms with Crippen LogP contribution in [0.2, 0.25) is 0 Å². The molecule has 0 amide bonds. The molecule has 1 rings (SSSR count). The summed E-state index contributed by atoms with van der Waals surface area (Å²) in [6.45, 7) is 6.37. The van der Waals surface area contributed by atoms with Crippen molar-refractivity contribution >= 4 is 5.84 Å². The summed E-state index contributed by atoms with van der Waals surface area (Å²) >= 11 is 0. The van der Waals surface area contributed by atoms with Crippen LogP contribution in [-0.2, 0) is 0 Å². The molecular formula is C11H21N3. The van der Waals surface area contributed by atoms with Gasteiger partial charge < -0.3 is 10.2 Å². The van der Waals surface area contributed by atoms with E-state index in [0.29, 0.717) is 6.04 Å². The first-order valence-electron chi connectivity index (χ1n) is 5.25. The van der Waals surface area contributed by atoms with Crippen molar-refractivity contribution in [3.8, 4) is 0 Å². The number of hydrogen-bond acceptors (Lipinski definition) is 2. The SMILES string of the molecule is CC=C(C)C(=NC)N1CCC(NC)C1. The van der Waals surface area contributed by atoms with Crippen molar-refractivity contribution in [1.82, 2.24) is 10.2 Å². The summed E-state index contributed by atoms with van der Waals surface area (Å²) in [5.74, 6) is 1.14.